The first-order chi connectivity index (χ1) is 7.25. The first kappa shape index (κ1) is 12.6. The minimum Gasteiger partial charge on any atom is -0.508 e. The summed E-state index contributed by atoms with van der Waals surface area (Å²) < 4.78 is 0. The van der Waals surface area contributed by atoms with Crippen LogP contribution in [0.3, 0.4) is 0 Å². The van der Waals surface area contributed by atoms with Crippen molar-refractivity contribution < 1.29 is 15.0 Å². The number of benzene rings is 1. The standard InChI is InChI=1S/C13H18O3/c1-8(12(15)16)9-6-5-7-10(14)11(9)13(2,3)4/h5-8,14H,1-4H3,(H,15,16). The van der Waals surface area contributed by atoms with Gasteiger partial charge in [0.25, 0.3) is 0 Å². The molecule has 1 unspecified atom stereocenters. The van der Waals surface area contributed by atoms with E-state index in [1.54, 1.807) is 25.1 Å². The Morgan fingerprint density at radius 2 is 1.88 bits per heavy atom. The molecule has 0 bridgehead atoms. The summed E-state index contributed by atoms with van der Waals surface area (Å²) in [5, 5.41) is 18.9. The summed E-state index contributed by atoms with van der Waals surface area (Å²) in [7, 11) is 0. The van der Waals surface area contributed by atoms with Gasteiger partial charge in [-0.1, -0.05) is 32.9 Å². The molecule has 2 N–H and O–H groups in total. The molecule has 1 aromatic rings. The average molecular weight is 222 g/mol. The number of carbonyl (C=O) groups is 1. The molecule has 1 atom stereocenters. The van der Waals surface area contributed by atoms with Crippen LogP contribution in [0.1, 0.15) is 44.7 Å². The molecule has 0 aromatic heterocycles. The zero-order valence-electron chi connectivity index (χ0n) is 10.1. The third-order valence-corrected chi connectivity index (χ3v) is 2.66. The molecular formula is C13H18O3. The van der Waals surface area contributed by atoms with Crippen molar-refractivity contribution in [2.75, 3.05) is 0 Å². The largest absolute Gasteiger partial charge is 0.508 e. The van der Waals surface area contributed by atoms with Crippen molar-refractivity contribution in [1.82, 2.24) is 0 Å². The maximum atomic E-state index is 11.0. The van der Waals surface area contributed by atoms with Crippen LogP contribution < -0.4 is 0 Å². The lowest BCUT2D eigenvalue weighted by Gasteiger charge is -2.25. The molecule has 88 valence electrons. The van der Waals surface area contributed by atoms with Gasteiger partial charge in [-0.3, -0.25) is 4.79 Å². The molecule has 0 saturated heterocycles. The zero-order valence-corrected chi connectivity index (χ0v) is 10.1. The van der Waals surface area contributed by atoms with Crippen LogP contribution in [0, 0.1) is 0 Å². The van der Waals surface area contributed by atoms with E-state index in [-0.39, 0.29) is 11.2 Å². The summed E-state index contributed by atoms with van der Waals surface area (Å²) in [6, 6.07) is 5.04. The molecule has 3 heteroatoms. The van der Waals surface area contributed by atoms with Gasteiger partial charge in [0.15, 0.2) is 0 Å². The molecule has 1 rings (SSSR count). The molecule has 3 nitrogen and oxygen atoms in total. The number of aliphatic carboxylic acids is 1. The van der Waals surface area contributed by atoms with E-state index in [2.05, 4.69) is 0 Å². The molecule has 0 saturated carbocycles. The van der Waals surface area contributed by atoms with Crippen molar-refractivity contribution in [3.8, 4) is 5.75 Å². The van der Waals surface area contributed by atoms with Gasteiger partial charge in [0, 0.05) is 5.56 Å². The van der Waals surface area contributed by atoms with Crippen LogP contribution in [-0.2, 0) is 10.2 Å². The molecule has 1 aromatic carbocycles. The molecule has 0 amide bonds. The van der Waals surface area contributed by atoms with Crippen LogP contribution in [0.25, 0.3) is 0 Å². The summed E-state index contributed by atoms with van der Waals surface area (Å²) in [5.41, 5.74) is 1.12. The SMILES string of the molecule is CC(C(=O)O)c1cccc(O)c1C(C)(C)C. The maximum absolute atomic E-state index is 11.0. The fourth-order valence-corrected chi connectivity index (χ4v) is 1.87. The molecule has 0 spiro atoms. The number of hydrogen-bond acceptors (Lipinski definition) is 2. The number of aromatic hydroxyl groups is 1. The fraction of sp³-hybridized carbons (Fsp3) is 0.462. The smallest absolute Gasteiger partial charge is 0.310 e. The quantitative estimate of drug-likeness (QED) is 0.809. The third-order valence-electron chi connectivity index (χ3n) is 2.66. The molecule has 0 radical (unpaired) electrons. The lowest BCUT2D eigenvalue weighted by molar-refractivity contribution is -0.138. The van der Waals surface area contributed by atoms with Gasteiger partial charge in [-0.15, -0.1) is 0 Å². The van der Waals surface area contributed by atoms with Gasteiger partial charge in [-0.25, -0.2) is 0 Å². The first-order valence-electron chi connectivity index (χ1n) is 5.30. The van der Waals surface area contributed by atoms with Crippen molar-refractivity contribution in [3.63, 3.8) is 0 Å². The first-order valence-corrected chi connectivity index (χ1v) is 5.30. The summed E-state index contributed by atoms with van der Waals surface area (Å²) in [6.45, 7) is 7.51. The predicted octanol–water partition coefficient (Wildman–Crippen LogP) is 2.88. The van der Waals surface area contributed by atoms with Crippen molar-refractivity contribution in [1.29, 1.82) is 0 Å². The Kier molecular flexibility index (Phi) is 3.27. The van der Waals surface area contributed by atoms with Gasteiger partial charge < -0.3 is 10.2 Å². The van der Waals surface area contributed by atoms with Crippen LogP contribution in [0.15, 0.2) is 18.2 Å². The molecule has 0 fully saturated rings. The minimum absolute atomic E-state index is 0.165. The number of phenolic OH excluding ortho intramolecular Hbond substituents is 1. The summed E-state index contributed by atoms with van der Waals surface area (Å²) in [5.74, 6) is -1.32. The normalized spacial score (nSPS) is 13.5. The summed E-state index contributed by atoms with van der Waals surface area (Å²) in [4.78, 5) is 11.0. The zero-order chi connectivity index (χ0) is 12.5. The van der Waals surface area contributed by atoms with E-state index in [0.717, 1.165) is 0 Å². The van der Waals surface area contributed by atoms with E-state index in [4.69, 9.17) is 5.11 Å². The number of hydrogen-bond donors (Lipinski definition) is 2. The molecule has 0 aliphatic heterocycles. The van der Waals surface area contributed by atoms with E-state index in [1.807, 2.05) is 20.8 Å². The summed E-state index contributed by atoms with van der Waals surface area (Å²) >= 11 is 0. The Morgan fingerprint density at radius 3 is 2.31 bits per heavy atom. The Balaban J connectivity index is 3.40. The van der Waals surface area contributed by atoms with Crippen molar-refractivity contribution >= 4 is 5.97 Å². The van der Waals surface area contributed by atoms with Crippen LogP contribution >= 0.6 is 0 Å². The highest BCUT2D eigenvalue weighted by Gasteiger charge is 2.26. The second-order valence-corrected chi connectivity index (χ2v) is 5.05. The fourth-order valence-electron chi connectivity index (χ4n) is 1.87. The van der Waals surface area contributed by atoms with Gasteiger partial charge in [-0.2, -0.15) is 0 Å². The maximum Gasteiger partial charge on any atom is 0.310 e. The van der Waals surface area contributed by atoms with E-state index >= 15 is 0 Å². The van der Waals surface area contributed by atoms with Crippen LogP contribution in [0.5, 0.6) is 5.75 Å². The lowest BCUT2D eigenvalue weighted by atomic mass is 9.80. The van der Waals surface area contributed by atoms with Crippen LogP contribution in [0.4, 0.5) is 0 Å². The predicted molar refractivity (Wildman–Crippen MR) is 62.9 cm³/mol. The molecule has 0 aliphatic rings. The Morgan fingerprint density at radius 1 is 1.31 bits per heavy atom. The van der Waals surface area contributed by atoms with E-state index in [9.17, 15) is 9.90 Å². The van der Waals surface area contributed by atoms with Crippen LogP contribution in [-0.4, -0.2) is 16.2 Å². The second-order valence-electron chi connectivity index (χ2n) is 5.05. The van der Waals surface area contributed by atoms with Crippen LogP contribution in [0.2, 0.25) is 0 Å². The molecular weight excluding hydrogens is 204 g/mol. The Bertz CT molecular complexity index is 402. The highest BCUT2D eigenvalue weighted by molar-refractivity contribution is 5.76. The molecule has 0 heterocycles. The topological polar surface area (TPSA) is 57.5 Å². The second kappa shape index (κ2) is 4.16. The Labute approximate surface area is 95.7 Å². The number of phenols is 1. The van der Waals surface area contributed by atoms with Gasteiger partial charge in [0.2, 0.25) is 0 Å². The Hall–Kier alpha value is -1.51. The number of carboxylic acids is 1. The van der Waals surface area contributed by atoms with Gasteiger partial charge in [0.05, 0.1) is 5.92 Å². The highest BCUT2D eigenvalue weighted by atomic mass is 16.4. The minimum atomic E-state index is -0.879. The lowest BCUT2D eigenvalue weighted by Crippen LogP contribution is -2.18. The van der Waals surface area contributed by atoms with Gasteiger partial charge in [0.1, 0.15) is 5.75 Å². The highest BCUT2D eigenvalue weighted by Crippen LogP contribution is 2.36. The average Bonchev–Trinajstić information content (AvgIpc) is 2.14. The van der Waals surface area contributed by atoms with E-state index < -0.39 is 11.9 Å². The number of carboxylic acid groups (broad SMARTS) is 1. The van der Waals surface area contributed by atoms with E-state index in [0.29, 0.717) is 11.1 Å². The number of rotatable bonds is 2. The monoisotopic (exact) mass is 222 g/mol. The summed E-state index contributed by atoms with van der Waals surface area (Å²) in [6.07, 6.45) is 0. The third kappa shape index (κ3) is 2.35. The van der Waals surface area contributed by atoms with Gasteiger partial charge >= 0.3 is 5.97 Å². The van der Waals surface area contributed by atoms with Crippen molar-refractivity contribution in [2.45, 2.75) is 39.0 Å². The van der Waals surface area contributed by atoms with Crippen molar-refractivity contribution in [3.05, 3.63) is 29.3 Å². The molecule has 0 aliphatic carbocycles. The van der Waals surface area contributed by atoms with E-state index in [1.165, 1.54) is 0 Å². The van der Waals surface area contributed by atoms with Gasteiger partial charge in [-0.05, 0) is 24.0 Å². The molecule has 16 heavy (non-hydrogen) atoms. The van der Waals surface area contributed by atoms with Crippen molar-refractivity contribution in [2.24, 2.45) is 0 Å².